The standard InChI is InChI=1S/C32H57N3O3.ClH/c1-4-5-6-7-8-9-10-11-12-13-14-15-16-17-18-21-25-34-32(37)38-28-29-23-19-20-24-30(29)31(36)33-26-22-27-35(2)3;/h19-20,23-24H,4-18,21-22,25-28H2,1-3H3,(H,33,36)(H,34,37);1H. The number of amides is 2. The molecule has 0 aliphatic carbocycles. The summed E-state index contributed by atoms with van der Waals surface area (Å²) in [4.78, 5) is 26.7. The molecule has 0 saturated heterocycles. The number of carbonyl (C=O) groups is 2. The molecule has 1 rings (SSSR count). The van der Waals surface area contributed by atoms with E-state index >= 15 is 0 Å². The monoisotopic (exact) mass is 567 g/mol. The van der Waals surface area contributed by atoms with Gasteiger partial charge in [-0.2, -0.15) is 0 Å². The van der Waals surface area contributed by atoms with Crippen LogP contribution in [-0.4, -0.2) is 50.6 Å². The first-order valence-corrected chi connectivity index (χ1v) is 15.5. The summed E-state index contributed by atoms with van der Waals surface area (Å²) in [6.45, 7) is 4.53. The molecule has 0 fully saturated rings. The van der Waals surface area contributed by atoms with Crippen molar-refractivity contribution in [3.05, 3.63) is 35.4 Å². The molecule has 0 atom stereocenters. The van der Waals surface area contributed by atoms with Gasteiger partial charge in [-0.05, 0) is 39.5 Å². The van der Waals surface area contributed by atoms with Crippen LogP contribution in [0.5, 0.6) is 0 Å². The predicted molar refractivity (Wildman–Crippen MR) is 167 cm³/mol. The lowest BCUT2D eigenvalue weighted by Gasteiger charge is -2.12. The van der Waals surface area contributed by atoms with Crippen molar-refractivity contribution in [2.75, 3.05) is 33.7 Å². The van der Waals surface area contributed by atoms with Gasteiger partial charge in [-0.15, -0.1) is 12.4 Å². The van der Waals surface area contributed by atoms with E-state index in [-0.39, 0.29) is 24.9 Å². The topological polar surface area (TPSA) is 70.7 Å². The third-order valence-corrected chi connectivity index (χ3v) is 6.99. The van der Waals surface area contributed by atoms with Gasteiger partial charge < -0.3 is 20.3 Å². The third kappa shape index (κ3) is 21.7. The van der Waals surface area contributed by atoms with Crippen LogP contribution in [0.2, 0.25) is 0 Å². The Labute approximate surface area is 245 Å². The fourth-order valence-corrected chi connectivity index (χ4v) is 4.62. The van der Waals surface area contributed by atoms with E-state index in [0.717, 1.165) is 31.4 Å². The molecule has 7 heteroatoms. The lowest BCUT2D eigenvalue weighted by molar-refractivity contribution is 0.0945. The Bertz CT molecular complexity index is 730. The molecule has 0 heterocycles. The smallest absolute Gasteiger partial charge is 0.407 e. The average molecular weight is 568 g/mol. The minimum absolute atomic E-state index is 0. The Hall–Kier alpha value is -1.79. The number of hydrogen-bond acceptors (Lipinski definition) is 4. The molecule has 226 valence electrons. The van der Waals surface area contributed by atoms with Crippen LogP contribution in [0.15, 0.2) is 24.3 Å². The van der Waals surface area contributed by atoms with Crippen LogP contribution in [0.4, 0.5) is 4.79 Å². The van der Waals surface area contributed by atoms with Crippen molar-refractivity contribution >= 4 is 24.4 Å². The van der Waals surface area contributed by atoms with E-state index < -0.39 is 6.09 Å². The fourth-order valence-electron chi connectivity index (χ4n) is 4.62. The van der Waals surface area contributed by atoms with Gasteiger partial charge in [0.05, 0.1) is 0 Å². The third-order valence-electron chi connectivity index (χ3n) is 6.99. The number of nitrogens with one attached hydrogen (secondary N) is 2. The Morgan fingerprint density at radius 2 is 1.18 bits per heavy atom. The summed E-state index contributed by atoms with van der Waals surface area (Å²) >= 11 is 0. The molecule has 0 radical (unpaired) electrons. The lowest BCUT2D eigenvalue weighted by atomic mass is 10.0. The molecule has 1 aromatic carbocycles. The summed E-state index contributed by atoms with van der Waals surface area (Å²) in [5, 5.41) is 5.78. The van der Waals surface area contributed by atoms with Crippen molar-refractivity contribution in [1.82, 2.24) is 15.5 Å². The second-order valence-electron chi connectivity index (χ2n) is 10.9. The highest BCUT2D eigenvalue weighted by atomic mass is 35.5. The number of rotatable bonds is 24. The van der Waals surface area contributed by atoms with E-state index in [2.05, 4.69) is 22.5 Å². The second-order valence-corrected chi connectivity index (χ2v) is 10.9. The highest BCUT2D eigenvalue weighted by Gasteiger charge is 2.12. The molecule has 2 amide bonds. The number of nitrogens with zero attached hydrogens (tertiary/aromatic N) is 1. The van der Waals surface area contributed by atoms with Crippen molar-refractivity contribution in [2.24, 2.45) is 0 Å². The van der Waals surface area contributed by atoms with E-state index in [1.165, 1.54) is 89.9 Å². The average Bonchev–Trinajstić information content (AvgIpc) is 2.91. The molecule has 0 spiro atoms. The van der Waals surface area contributed by atoms with E-state index in [1.807, 2.05) is 32.3 Å². The molecule has 0 saturated carbocycles. The Morgan fingerprint density at radius 1 is 0.692 bits per heavy atom. The molecule has 0 aliphatic heterocycles. The lowest BCUT2D eigenvalue weighted by Crippen LogP contribution is -2.28. The van der Waals surface area contributed by atoms with Crippen LogP contribution in [0.3, 0.4) is 0 Å². The van der Waals surface area contributed by atoms with Gasteiger partial charge in [0.25, 0.3) is 5.91 Å². The number of alkyl carbamates (subject to hydrolysis) is 1. The molecular weight excluding hydrogens is 510 g/mol. The Balaban J connectivity index is 0.0000144. The van der Waals surface area contributed by atoms with Gasteiger partial charge in [0, 0.05) is 24.2 Å². The summed E-state index contributed by atoms with van der Waals surface area (Å²) in [6, 6.07) is 7.29. The summed E-state index contributed by atoms with van der Waals surface area (Å²) in [7, 11) is 4.03. The van der Waals surface area contributed by atoms with Gasteiger partial charge in [-0.25, -0.2) is 4.79 Å². The van der Waals surface area contributed by atoms with Gasteiger partial charge in [-0.1, -0.05) is 121 Å². The normalized spacial score (nSPS) is 10.8. The predicted octanol–water partition coefficient (Wildman–Crippen LogP) is 8.28. The first-order valence-electron chi connectivity index (χ1n) is 15.5. The maximum atomic E-state index is 12.5. The van der Waals surface area contributed by atoms with Crippen LogP contribution in [0, 0.1) is 0 Å². The maximum Gasteiger partial charge on any atom is 0.407 e. The van der Waals surface area contributed by atoms with Crippen molar-refractivity contribution in [3.63, 3.8) is 0 Å². The van der Waals surface area contributed by atoms with E-state index in [4.69, 9.17) is 4.74 Å². The van der Waals surface area contributed by atoms with Gasteiger partial charge in [-0.3, -0.25) is 4.79 Å². The zero-order valence-electron chi connectivity index (χ0n) is 25.2. The van der Waals surface area contributed by atoms with Gasteiger partial charge >= 0.3 is 6.09 Å². The van der Waals surface area contributed by atoms with E-state index in [0.29, 0.717) is 18.7 Å². The quantitative estimate of drug-likeness (QED) is 0.123. The molecule has 0 unspecified atom stereocenters. The minimum atomic E-state index is -0.424. The zero-order chi connectivity index (χ0) is 27.7. The van der Waals surface area contributed by atoms with Gasteiger partial charge in [0.1, 0.15) is 6.61 Å². The summed E-state index contributed by atoms with van der Waals surface area (Å²) < 4.78 is 5.37. The molecule has 0 aliphatic rings. The Kier molecular flexibility index (Phi) is 25.2. The number of carbonyl (C=O) groups excluding carboxylic acids is 2. The van der Waals surface area contributed by atoms with Crippen LogP contribution in [0.1, 0.15) is 132 Å². The van der Waals surface area contributed by atoms with Crippen molar-refractivity contribution in [1.29, 1.82) is 0 Å². The molecule has 6 nitrogen and oxygen atoms in total. The van der Waals surface area contributed by atoms with E-state index in [1.54, 1.807) is 6.07 Å². The summed E-state index contributed by atoms with van der Waals surface area (Å²) in [6.07, 6.45) is 21.8. The first kappa shape index (κ1) is 37.2. The van der Waals surface area contributed by atoms with Gasteiger partial charge in [0.2, 0.25) is 0 Å². The van der Waals surface area contributed by atoms with Gasteiger partial charge in [0.15, 0.2) is 0 Å². The Morgan fingerprint density at radius 3 is 1.72 bits per heavy atom. The molecule has 2 N–H and O–H groups in total. The number of halogens is 1. The van der Waals surface area contributed by atoms with E-state index in [9.17, 15) is 9.59 Å². The highest BCUT2D eigenvalue weighted by Crippen LogP contribution is 2.14. The van der Waals surface area contributed by atoms with Crippen molar-refractivity contribution in [3.8, 4) is 0 Å². The largest absolute Gasteiger partial charge is 0.445 e. The van der Waals surface area contributed by atoms with Crippen LogP contribution >= 0.6 is 12.4 Å². The van der Waals surface area contributed by atoms with Crippen molar-refractivity contribution < 1.29 is 14.3 Å². The fraction of sp³-hybridized carbons (Fsp3) is 0.750. The summed E-state index contributed by atoms with van der Waals surface area (Å²) in [5.74, 6) is -0.128. The number of unbranched alkanes of at least 4 members (excludes halogenated alkanes) is 15. The minimum Gasteiger partial charge on any atom is -0.445 e. The van der Waals surface area contributed by atoms with Crippen molar-refractivity contribution in [2.45, 2.75) is 123 Å². The molecular formula is C32H58ClN3O3. The maximum absolute atomic E-state index is 12.5. The SMILES string of the molecule is CCCCCCCCCCCCCCCCCCNC(=O)OCc1ccccc1C(=O)NCCCN(C)C.Cl. The summed E-state index contributed by atoms with van der Waals surface area (Å²) in [5.41, 5.74) is 1.28. The molecule has 0 aromatic heterocycles. The number of benzene rings is 1. The molecule has 1 aromatic rings. The first-order chi connectivity index (χ1) is 18.5. The van der Waals surface area contributed by atoms with Crippen LogP contribution < -0.4 is 10.6 Å². The molecule has 0 bridgehead atoms. The number of hydrogen-bond donors (Lipinski definition) is 2. The number of ether oxygens (including phenoxy) is 1. The van der Waals surface area contributed by atoms with Crippen LogP contribution in [-0.2, 0) is 11.3 Å². The highest BCUT2D eigenvalue weighted by molar-refractivity contribution is 5.95. The zero-order valence-corrected chi connectivity index (χ0v) is 26.1. The second kappa shape index (κ2) is 26.4. The molecule has 39 heavy (non-hydrogen) atoms. The van der Waals surface area contributed by atoms with Crippen LogP contribution in [0.25, 0.3) is 0 Å².